The number of aryl methyl sites for hydroxylation is 1. The lowest BCUT2D eigenvalue weighted by molar-refractivity contribution is 0.0588. The first-order chi connectivity index (χ1) is 10.7. The van der Waals surface area contributed by atoms with Crippen LogP contribution in [0.15, 0.2) is 18.5 Å². The van der Waals surface area contributed by atoms with Gasteiger partial charge in [0.25, 0.3) is 5.91 Å². The Balaban J connectivity index is 1.71. The van der Waals surface area contributed by atoms with Gasteiger partial charge in [0.05, 0.1) is 0 Å². The summed E-state index contributed by atoms with van der Waals surface area (Å²) in [5.74, 6) is 0.0366. The molecule has 118 valence electrons. The predicted molar refractivity (Wildman–Crippen MR) is 83.5 cm³/mol. The van der Waals surface area contributed by atoms with Crippen molar-refractivity contribution >= 4 is 23.3 Å². The average Bonchev–Trinajstić information content (AvgIpc) is 3.16. The first-order valence-corrected chi connectivity index (χ1v) is 7.82. The van der Waals surface area contributed by atoms with Crippen LogP contribution in [-0.2, 0) is 6.54 Å². The van der Waals surface area contributed by atoms with Crippen molar-refractivity contribution in [2.45, 2.75) is 38.3 Å². The van der Waals surface area contributed by atoms with Crippen molar-refractivity contribution in [3.8, 4) is 0 Å². The molecule has 1 fully saturated rings. The van der Waals surface area contributed by atoms with Gasteiger partial charge in [0.2, 0.25) is 0 Å². The standard InChI is InChI=1S/C14H19ClN6O/c15-11-12(18-19-13(11)16)14(22)21-8-2-1-4-10(21)5-9-20-7-3-6-17-20/h3,6-7,10H,1-2,4-5,8-9H2,(H3,16,18,19)/t10-/m0/s1. The minimum atomic E-state index is -0.126. The Labute approximate surface area is 133 Å². The van der Waals surface area contributed by atoms with Gasteiger partial charge in [0.15, 0.2) is 5.82 Å². The van der Waals surface area contributed by atoms with E-state index in [0.717, 1.165) is 38.8 Å². The molecule has 7 nitrogen and oxygen atoms in total. The van der Waals surface area contributed by atoms with Crippen molar-refractivity contribution < 1.29 is 4.79 Å². The third-order valence-corrected chi connectivity index (χ3v) is 4.47. The number of amides is 1. The number of H-pyrrole nitrogens is 1. The number of rotatable bonds is 4. The molecule has 2 aromatic rings. The van der Waals surface area contributed by atoms with Gasteiger partial charge in [0.1, 0.15) is 10.7 Å². The summed E-state index contributed by atoms with van der Waals surface area (Å²) >= 11 is 6.05. The Morgan fingerprint density at radius 1 is 1.50 bits per heavy atom. The molecule has 8 heteroatoms. The molecule has 0 saturated carbocycles. The Bertz CT molecular complexity index is 638. The van der Waals surface area contributed by atoms with Crippen molar-refractivity contribution in [2.24, 2.45) is 0 Å². The van der Waals surface area contributed by atoms with Crippen LogP contribution >= 0.6 is 11.6 Å². The fraction of sp³-hybridized carbons (Fsp3) is 0.500. The molecular formula is C14H19ClN6O. The fourth-order valence-corrected chi connectivity index (χ4v) is 3.08. The third kappa shape index (κ3) is 2.94. The summed E-state index contributed by atoms with van der Waals surface area (Å²) in [4.78, 5) is 14.6. The predicted octanol–water partition coefficient (Wildman–Crippen LogP) is 1.93. The summed E-state index contributed by atoms with van der Waals surface area (Å²) in [5, 5.41) is 10.9. The molecule has 0 radical (unpaired) electrons. The lowest BCUT2D eigenvalue weighted by atomic mass is 9.99. The number of aromatic amines is 1. The quantitative estimate of drug-likeness (QED) is 0.899. The van der Waals surface area contributed by atoms with Gasteiger partial charge in [-0.15, -0.1) is 0 Å². The van der Waals surface area contributed by atoms with Crippen LogP contribution < -0.4 is 5.73 Å². The maximum Gasteiger partial charge on any atom is 0.273 e. The number of carbonyl (C=O) groups is 1. The molecule has 0 aromatic carbocycles. The molecule has 3 N–H and O–H groups in total. The molecule has 0 bridgehead atoms. The normalized spacial score (nSPS) is 18.6. The van der Waals surface area contributed by atoms with Crippen LogP contribution in [0.5, 0.6) is 0 Å². The van der Waals surface area contributed by atoms with Crippen LogP contribution in [0.25, 0.3) is 0 Å². The van der Waals surface area contributed by atoms with Gasteiger partial charge in [-0.05, 0) is 31.7 Å². The first kappa shape index (κ1) is 14.9. The molecular weight excluding hydrogens is 304 g/mol. The minimum Gasteiger partial charge on any atom is -0.381 e. The first-order valence-electron chi connectivity index (χ1n) is 7.44. The van der Waals surface area contributed by atoms with Crippen LogP contribution in [-0.4, -0.2) is 43.4 Å². The second-order valence-corrected chi connectivity index (χ2v) is 5.88. The zero-order valence-electron chi connectivity index (χ0n) is 12.2. The Kier molecular flexibility index (Phi) is 4.33. The molecule has 1 saturated heterocycles. The number of nitrogens with one attached hydrogen (secondary N) is 1. The lowest BCUT2D eigenvalue weighted by Crippen LogP contribution is -2.44. The van der Waals surface area contributed by atoms with E-state index in [4.69, 9.17) is 17.3 Å². The van der Waals surface area contributed by atoms with Gasteiger partial charge < -0.3 is 10.6 Å². The van der Waals surface area contributed by atoms with E-state index < -0.39 is 0 Å². The summed E-state index contributed by atoms with van der Waals surface area (Å²) in [6.45, 7) is 1.53. The largest absolute Gasteiger partial charge is 0.381 e. The van der Waals surface area contributed by atoms with Gasteiger partial charge in [0, 0.05) is 31.5 Å². The lowest BCUT2D eigenvalue weighted by Gasteiger charge is -2.35. The number of hydrogen-bond acceptors (Lipinski definition) is 4. The van der Waals surface area contributed by atoms with E-state index in [1.165, 1.54) is 0 Å². The van der Waals surface area contributed by atoms with Gasteiger partial charge in [-0.25, -0.2) is 0 Å². The molecule has 2 aromatic heterocycles. The molecule has 0 aliphatic carbocycles. The molecule has 1 atom stereocenters. The molecule has 1 aliphatic heterocycles. The van der Waals surface area contributed by atoms with E-state index in [1.807, 2.05) is 21.8 Å². The number of anilines is 1. The molecule has 3 rings (SSSR count). The van der Waals surface area contributed by atoms with Crippen molar-refractivity contribution in [3.05, 3.63) is 29.2 Å². The Morgan fingerprint density at radius 2 is 2.36 bits per heavy atom. The van der Waals surface area contributed by atoms with Gasteiger partial charge in [-0.2, -0.15) is 10.2 Å². The van der Waals surface area contributed by atoms with Crippen LogP contribution in [0.4, 0.5) is 5.82 Å². The molecule has 0 spiro atoms. The summed E-state index contributed by atoms with van der Waals surface area (Å²) in [7, 11) is 0. The number of piperidine rings is 1. The van der Waals surface area contributed by atoms with Crippen molar-refractivity contribution in [1.82, 2.24) is 24.9 Å². The van der Waals surface area contributed by atoms with Crippen LogP contribution in [0, 0.1) is 0 Å². The zero-order chi connectivity index (χ0) is 15.5. The SMILES string of the molecule is Nc1n[nH]c(C(=O)N2CCCC[C@H]2CCn2cccn2)c1Cl. The van der Waals surface area contributed by atoms with Gasteiger partial charge in [-0.3, -0.25) is 14.6 Å². The third-order valence-electron chi connectivity index (χ3n) is 4.09. The van der Waals surface area contributed by atoms with Crippen molar-refractivity contribution in [2.75, 3.05) is 12.3 Å². The minimum absolute atomic E-state index is 0.126. The van der Waals surface area contributed by atoms with E-state index >= 15 is 0 Å². The van der Waals surface area contributed by atoms with E-state index in [0.29, 0.717) is 0 Å². The topological polar surface area (TPSA) is 92.8 Å². The highest BCUT2D eigenvalue weighted by molar-refractivity contribution is 6.35. The number of halogens is 1. The van der Waals surface area contributed by atoms with E-state index in [9.17, 15) is 4.79 Å². The highest BCUT2D eigenvalue weighted by Crippen LogP contribution is 2.26. The highest BCUT2D eigenvalue weighted by Gasteiger charge is 2.30. The van der Waals surface area contributed by atoms with Gasteiger partial charge in [-0.1, -0.05) is 11.6 Å². The second kappa shape index (κ2) is 6.39. The zero-order valence-corrected chi connectivity index (χ0v) is 13.0. The number of nitrogens with zero attached hydrogens (tertiary/aromatic N) is 4. The highest BCUT2D eigenvalue weighted by atomic mass is 35.5. The Hall–Kier alpha value is -2.02. The van der Waals surface area contributed by atoms with E-state index in [-0.39, 0.29) is 28.5 Å². The number of nitrogens with two attached hydrogens (primary N) is 1. The average molecular weight is 323 g/mol. The monoisotopic (exact) mass is 322 g/mol. The van der Waals surface area contributed by atoms with E-state index in [1.54, 1.807) is 6.20 Å². The molecule has 3 heterocycles. The second-order valence-electron chi connectivity index (χ2n) is 5.50. The molecule has 1 amide bonds. The fourth-order valence-electron chi connectivity index (χ4n) is 2.91. The molecule has 0 unspecified atom stereocenters. The molecule has 22 heavy (non-hydrogen) atoms. The maximum absolute atomic E-state index is 12.7. The number of aromatic nitrogens is 4. The van der Waals surface area contributed by atoms with Crippen LogP contribution in [0.1, 0.15) is 36.2 Å². The maximum atomic E-state index is 12.7. The van der Waals surface area contributed by atoms with Gasteiger partial charge >= 0.3 is 0 Å². The summed E-state index contributed by atoms with van der Waals surface area (Å²) < 4.78 is 1.89. The van der Waals surface area contributed by atoms with Crippen molar-refractivity contribution in [1.29, 1.82) is 0 Å². The smallest absolute Gasteiger partial charge is 0.273 e. The molecule has 1 aliphatic rings. The van der Waals surface area contributed by atoms with Crippen LogP contribution in [0.3, 0.4) is 0 Å². The number of carbonyl (C=O) groups excluding carboxylic acids is 1. The van der Waals surface area contributed by atoms with E-state index in [2.05, 4.69) is 15.3 Å². The van der Waals surface area contributed by atoms with Crippen LogP contribution in [0.2, 0.25) is 5.02 Å². The summed E-state index contributed by atoms with van der Waals surface area (Å²) in [5.41, 5.74) is 5.89. The number of likely N-dealkylation sites (tertiary alicyclic amines) is 1. The number of nitrogen functional groups attached to an aromatic ring is 1. The number of hydrogen-bond donors (Lipinski definition) is 2. The van der Waals surface area contributed by atoms with Crippen molar-refractivity contribution in [3.63, 3.8) is 0 Å². The summed E-state index contributed by atoms with van der Waals surface area (Å²) in [6, 6.07) is 2.09. The summed E-state index contributed by atoms with van der Waals surface area (Å²) in [6.07, 6.45) is 7.69. The Morgan fingerprint density at radius 3 is 3.05 bits per heavy atom.